The molecule has 0 saturated carbocycles. The van der Waals surface area contributed by atoms with E-state index < -0.39 is 0 Å². The van der Waals surface area contributed by atoms with Gasteiger partial charge >= 0.3 is 0 Å². The van der Waals surface area contributed by atoms with Crippen LogP contribution in [0.2, 0.25) is 0 Å². The van der Waals surface area contributed by atoms with E-state index in [2.05, 4.69) is 24.1 Å². The fourth-order valence-corrected chi connectivity index (χ4v) is 2.78. The monoisotopic (exact) mass is 310 g/mol. The van der Waals surface area contributed by atoms with Crippen LogP contribution in [0.1, 0.15) is 30.9 Å². The Morgan fingerprint density at radius 3 is 2.78 bits per heavy atom. The third kappa shape index (κ3) is 3.26. The molecule has 0 aliphatic carbocycles. The second-order valence-corrected chi connectivity index (χ2v) is 5.97. The van der Waals surface area contributed by atoms with Crippen molar-refractivity contribution in [2.75, 3.05) is 5.32 Å². The van der Waals surface area contributed by atoms with Crippen molar-refractivity contribution in [3.63, 3.8) is 0 Å². The zero-order valence-corrected chi connectivity index (χ0v) is 13.2. The van der Waals surface area contributed by atoms with Crippen molar-refractivity contribution in [2.45, 2.75) is 26.2 Å². The minimum absolute atomic E-state index is 0.108. The largest absolute Gasteiger partial charge is 0.361 e. The first-order chi connectivity index (χ1) is 11.0. The van der Waals surface area contributed by atoms with Gasteiger partial charge in [0.15, 0.2) is 0 Å². The Kier molecular flexibility index (Phi) is 4.15. The quantitative estimate of drug-likeness (QED) is 0.726. The van der Waals surface area contributed by atoms with E-state index in [9.17, 15) is 9.18 Å². The number of anilines is 1. The summed E-state index contributed by atoms with van der Waals surface area (Å²) in [5, 5.41) is 3.71. The van der Waals surface area contributed by atoms with Crippen LogP contribution in [0.5, 0.6) is 0 Å². The average molecular weight is 310 g/mol. The Balaban J connectivity index is 1.81. The molecule has 23 heavy (non-hydrogen) atoms. The van der Waals surface area contributed by atoms with Crippen LogP contribution in [0.15, 0.2) is 48.7 Å². The number of benzene rings is 2. The molecule has 118 valence electrons. The summed E-state index contributed by atoms with van der Waals surface area (Å²) in [6, 6.07) is 12.3. The lowest BCUT2D eigenvalue weighted by atomic mass is 10.0. The Labute approximate surface area is 134 Å². The van der Waals surface area contributed by atoms with Crippen molar-refractivity contribution >= 4 is 22.5 Å². The van der Waals surface area contributed by atoms with Crippen LogP contribution in [-0.4, -0.2) is 10.9 Å². The number of hydrogen-bond acceptors (Lipinski definition) is 1. The van der Waals surface area contributed by atoms with E-state index in [0.29, 0.717) is 5.92 Å². The Morgan fingerprint density at radius 2 is 2.00 bits per heavy atom. The van der Waals surface area contributed by atoms with Crippen molar-refractivity contribution in [1.29, 1.82) is 0 Å². The molecule has 2 N–H and O–H groups in total. The Hall–Kier alpha value is -2.62. The lowest BCUT2D eigenvalue weighted by molar-refractivity contribution is -0.115. The Bertz CT molecular complexity index is 851. The van der Waals surface area contributed by atoms with E-state index in [4.69, 9.17) is 0 Å². The topological polar surface area (TPSA) is 44.9 Å². The highest BCUT2D eigenvalue weighted by molar-refractivity contribution is 5.96. The van der Waals surface area contributed by atoms with Crippen molar-refractivity contribution in [1.82, 2.24) is 4.98 Å². The minimum atomic E-state index is -0.302. The molecule has 0 bridgehead atoms. The highest BCUT2D eigenvalue weighted by atomic mass is 19.1. The molecule has 3 nitrogen and oxygen atoms in total. The smallest absolute Gasteiger partial charge is 0.228 e. The van der Waals surface area contributed by atoms with Crippen LogP contribution in [-0.2, 0) is 11.2 Å². The summed E-state index contributed by atoms with van der Waals surface area (Å²) in [6.07, 6.45) is 1.97. The number of aromatic amines is 1. The summed E-state index contributed by atoms with van der Waals surface area (Å²) in [7, 11) is 0. The van der Waals surface area contributed by atoms with Gasteiger partial charge in [-0.25, -0.2) is 4.39 Å². The number of para-hydroxylation sites is 1. The molecule has 0 fully saturated rings. The van der Waals surface area contributed by atoms with E-state index >= 15 is 0 Å². The number of fused-ring (bicyclic) bond motifs is 1. The molecule has 0 atom stereocenters. The molecule has 0 aliphatic rings. The zero-order valence-electron chi connectivity index (χ0n) is 13.2. The van der Waals surface area contributed by atoms with Gasteiger partial charge in [-0.1, -0.05) is 32.0 Å². The lowest BCUT2D eigenvalue weighted by Gasteiger charge is -2.13. The number of nitrogens with one attached hydrogen (secondary N) is 2. The van der Waals surface area contributed by atoms with Crippen LogP contribution in [0.25, 0.3) is 10.9 Å². The van der Waals surface area contributed by atoms with Crippen LogP contribution >= 0.6 is 0 Å². The number of aromatic nitrogens is 1. The van der Waals surface area contributed by atoms with E-state index in [1.165, 1.54) is 12.1 Å². The lowest BCUT2D eigenvalue weighted by Crippen LogP contribution is -2.15. The average Bonchev–Trinajstić information content (AvgIpc) is 2.90. The van der Waals surface area contributed by atoms with Gasteiger partial charge in [-0.2, -0.15) is 0 Å². The molecule has 4 heteroatoms. The SMILES string of the molecule is CC(C)c1ccccc1NC(=O)Cc1c[nH]c2ccc(F)cc12. The van der Waals surface area contributed by atoms with Crippen LogP contribution in [0, 0.1) is 5.82 Å². The fraction of sp³-hybridized carbons (Fsp3) is 0.211. The van der Waals surface area contributed by atoms with Gasteiger partial charge in [0, 0.05) is 22.8 Å². The van der Waals surface area contributed by atoms with E-state index in [1.54, 1.807) is 12.3 Å². The van der Waals surface area contributed by atoms with Crippen molar-refractivity contribution in [3.8, 4) is 0 Å². The van der Waals surface area contributed by atoms with Gasteiger partial charge in [0.1, 0.15) is 5.82 Å². The molecule has 0 saturated heterocycles. The summed E-state index contributed by atoms with van der Waals surface area (Å²) in [4.78, 5) is 15.4. The predicted octanol–water partition coefficient (Wildman–Crippen LogP) is 4.61. The second kappa shape index (κ2) is 6.24. The number of amides is 1. The summed E-state index contributed by atoms with van der Waals surface area (Å²) < 4.78 is 13.4. The normalized spacial score (nSPS) is 11.1. The van der Waals surface area contributed by atoms with Gasteiger partial charge in [-0.05, 0) is 41.3 Å². The summed E-state index contributed by atoms with van der Waals surface area (Å²) >= 11 is 0. The maximum absolute atomic E-state index is 13.4. The number of hydrogen-bond donors (Lipinski definition) is 2. The van der Waals surface area contributed by atoms with Gasteiger partial charge in [-0.15, -0.1) is 0 Å². The summed E-state index contributed by atoms with van der Waals surface area (Å²) in [6.45, 7) is 4.18. The number of H-pyrrole nitrogens is 1. The van der Waals surface area contributed by atoms with Crippen LogP contribution < -0.4 is 5.32 Å². The summed E-state index contributed by atoms with van der Waals surface area (Å²) in [5.74, 6) is -0.0825. The van der Waals surface area contributed by atoms with E-state index in [0.717, 1.165) is 27.7 Å². The number of rotatable bonds is 4. The highest BCUT2D eigenvalue weighted by Crippen LogP contribution is 2.24. The fourth-order valence-electron chi connectivity index (χ4n) is 2.78. The van der Waals surface area contributed by atoms with Crippen LogP contribution in [0.3, 0.4) is 0 Å². The number of halogens is 1. The molecule has 1 amide bonds. The van der Waals surface area contributed by atoms with Crippen molar-refractivity contribution in [3.05, 3.63) is 65.6 Å². The first kappa shape index (κ1) is 15.3. The van der Waals surface area contributed by atoms with Crippen molar-refractivity contribution in [2.24, 2.45) is 0 Å². The molecular formula is C19H19FN2O. The third-order valence-electron chi connectivity index (χ3n) is 3.94. The molecule has 1 aromatic heterocycles. The van der Waals surface area contributed by atoms with E-state index in [-0.39, 0.29) is 18.1 Å². The molecule has 0 spiro atoms. The highest BCUT2D eigenvalue weighted by Gasteiger charge is 2.12. The van der Waals surface area contributed by atoms with Crippen LogP contribution in [0.4, 0.5) is 10.1 Å². The first-order valence-corrected chi connectivity index (χ1v) is 7.69. The van der Waals surface area contributed by atoms with Gasteiger partial charge in [-0.3, -0.25) is 4.79 Å². The molecule has 3 rings (SSSR count). The molecule has 3 aromatic rings. The maximum atomic E-state index is 13.4. The minimum Gasteiger partial charge on any atom is -0.361 e. The molecule has 0 radical (unpaired) electrons. The second-order valence-electron chi connectivity index (χ2n) is 5.97. The van der Waals surface area contributed by atoms with Crippen molar-refractivity contribution < 1.29 is 9.18 Å². The third-order valence-corrected chi connectivity index (χ3v) is 3.94. The molecule has 0 aliphatic heterocycles. The van der Waals surface area contributed by atoms with Gasteiger partial charge in [0.2, 0.25) is 5.91 Å². The molecule has 2 aromatic carbocycles. The number of carbonyl (C=O) groups is 1. The molecular weight excluding hydrogens is 291 g/mol. The van der Waals surface area contributed by atoms with E-state index in [1.807, 2.05) is 24.3 Å². The first-order valence-electron chi connectivity index (χ1n) is 7.69. The van der Waals surface area contributed by atoms with Gasteiger partial charge < -0.3 is 10.3 Å². The Morgan fingerprint density at radius 1 is 1.22 bits per heavy atom. The standard InChI is InChI=1S/C19H19FN2O/c1-12(2)15-5-3-4-6-18(15)22-19(23)9-13-11-21-17-8-7-14(20)10-16(13)17/h3-8,10-12,21H,9H2,1-2H3,(H,22,23). The predicted molar refractivity (Wildman–Crippen MR) is 91.1 cm³/mol. The maximum Gasteiger partial charge on any atom is 0.228 e. The summed E-state index contributed by atoms with van der Waals surface area (Å²) in [5.41, 5.74) is 3.56. The molecule has 1 heterocycles. The van der Waals surface area contributed by atoms with Gasteiger partial charge in [0.25, 0.3) is 0 Å². The number of carbonyl (C=O) groups excluding carboxylic acids is 1. The van der Waals surface area contributed by atoms with Gasteiger partial charge in [0.05, 0.1) is 6.42 Å². The molecule has 0 unspecified atom stereocenters. The zero-order chi connectivity index (χ0) is 16.4.